The predicted octanol–water partition coefficient (Wildman–Crippen LogP) is 16.4. The van der Waals surface area contributed by atoms with Crippen LogP contribution < -0.4 is 4.74 Å². The van der Waals surface area contributed by atoms with Gasteiger partial charge in [0.05, 0.1) is 5.41 Å². The van der Waals surface area contributed by atoms with E-state index in [1.807, 2.05) is 0 Å². The van der Waals surface area contributed by atoms with Crippen LogP contribution in [0.1, 0.15) is 100 Å². The van der Waals surface area contributed by atoms with Gasteiger partial charge in [-0.1, -0.05) is 121 Å². The van der Waals surface area contributed by atoms with E-state index in [0.717, 1.165) is 11.5 Å². The van der Waals surface area contributed by atoms with Crippen LogP contribution in [0.15, 0.2) is 140 Å². The van der Waals surface area contributed by atoms with E-state index in [-0.39, 0.29) is 5.92 Å². The van der Waals surface area contributed by atoms with E-state index in [2.05, 4.69) is 209 Å². The minimum atomic E-state index is -0.447. The Kier molecular flexibility index (Phi) is 8.80. The number of hydrogen-bond acceptors (Lipinski definition) is 1. The summed E-state index contributed by atoms with van der Waals surface area (Å²) in [7, 11) is 0. The van der Waals surface area contributed by atoms with Crippen molar-refractivity contribution in [3.05, 3.63) is 234 Å². The fraction of sp³-hybridized carbons (Fsp3) is 0.194. The van der Waals surface area contributed by atoms with Gasteiger partial charge in [-0.2, -0.15) is 0 Å². The first kappa shape index (κ1) is 39.2. The fourth-order valence-electron chi connectivity index (χ4n) is 12.1. The van der Waals surface area contributed by atoms with Gasteiger partial charge in [-0.15, -0.1) is 0 Å². The van der Waals surface area contributed by atoms with Crippen molar-refractivity contribution in [1.82, 2.24) is 0 Å². The Labute approximate surface area is 373 Å². The zero-order valence-corrected chi connectivity index (χ0v) is 38.3. The Hall–Kier alpha value is -6.70. The summed E-state index contributed by atoms with van der Waals surface area (Å²) in [4.78, 5) is 0. The lowest BCUT2D eigenvalue weighted by atomic mass is 9.67. The lowest BCUT2D eigenvalue weighted by Crippen LogP contribution is -2.28. The molecule has 1 heteroatoms. The zero-order chi connectivity index (χ0) is 43.6. The summed E-state index contributed by atoms with van der Waals surface area (Å²) in [6, 6.07) is 52.6. The molecule has 0 N–H and O–H groups in total. The molecule has 0 unspecified atom stereocenters. The van der Waals surface area contributed by atoms with E-state index in [4.69, 9.17) is 4.74 Å². The quantitative estimate of drug-likeness (QED) is 0.172. The molecule has 0 spiro atoms. The van der Waals surface area contributed by atoms with Gasteiger partial charge in [0, 0.05) is 17.0 Å². The molecule has 0 saturated heterocycles. The molecule has 1 heterocycles. The molecule has 1 nitrogen and oxygen atoms in total. The third-order valence-electron chi connectivity index (χ3n) is 15.8. The fourth-order valence-corrected chi connectivity index (χ4v) is 12.1. The van der Waals surface area contributed by atoms with Gasteiger partial charge in [-0.25, -0.2) is 0 Å². The van der Waals surface area contributed by atoms with Gasteiger partial charge in [-0.05, 0) is 215 Å². The van der Waals surface area contributed by atoms with Crippen LogP contribution in [0.4, 0.5) is 0 Å². The maximum absolute atomic E-state index is 7.19. The average Bonchev–Trinajstić information content (AvgIpc) is 3.61. The predicted molar refractivity (Wildman–Crippen MR) is 265 cm³/mol. The highest BCUT2D eigenvalue weighted by atomic mass is 16.5. The monoisotopic (exact) mass is 814 g/mol. The molecule has 2 aliphatic rings. The lowest BCUT2D eigenvalue weighted by molar-refractivity contribution is 0.455. The molecule has 0 aromatic heterocycles. The molecule has 0 bridgehead atoms. The molecule has 0 fully saturated rings. The molecule has 1 aliphatic heterocycles. The van der Waals surface area contributed by atoms with Gasteiger partial charge in [-0.3, -0.25) is 0 Å². The van der Waals surface area contributed by atoms with Gasteiger partial charge in [0.25, 0.3) is 0 Å². The van der Waals surface area contributed by atoms with Crippen molar-refractivity contribution >= 4 is 21.5 Å². The van der Waals surface area contributed by atoms with Crippen LogP contribution in [-0.4, -0.2) is 0 Å². The van der Waals surface area contributed by atoms with Crippen LogP contribution in [0.25, 0.3) is 43.8 Å². The molecule has 63 heavy (non-hydrogen) atoms. The third-order valence-corrected chi connectivity index (χ3v) is 15.8. The van der Waals surface area contributed by atoms with Crippen molar-refractivity contribution in [2.45, 2.75) is 80.6 Å². The van der Waals surface area contributed by atoms with E-state index >= 15 is 0 Å². The summed E-state index contributed by atoms with van der Waals surface area (Å²) in [5.74, 6) is 1.91. The maximum atomic E-state index is 7.19. The minimum Gasteiger partial charge on any atom is -0.457 e. The Morgan fingerprint density at radius 3 is 1.30 bits per heavy atom. The van der Waals surface area contributed by atoms with Gasteiger partial charge >= 0.3 is 0 Å². The van der Waals surface area contributed by atoms with Crippen molar-refractivity contribution in [2.24, 2.45) is 0 Å². The van der Waals surface area contributed by atoms with E-state index in [9.17, 15) is 0 Å². The number of hydrogen-bond donors (Lipinski definition) is 0. The third kappa shape index (κ3) is 5.35. The van der Waals surface area contributed by atoms with Gasteiger partial charge in [0.15, 0.2) is 0 Å². The molecule has 11 rings (SSSR count). The zero-order valence-electron chi connectivity index (χ0n) is 38.3. The highest BCUT2D eigenvalue weighted by molar-refractivity contribution is 6.03. The van der Waals surface area contributed by atoms with E-state index in [0.29, 0.717) is 0 Å². The van der Waals surface area contributed by atoms with Gasteiger partial charge in [0.1, 0.15) is 11.5 Å². The van der Waals surface area contributed by atoms with Crippen molar-refractivity contribution in [1.29, 1.82) is 0 Å². The molecule has 1 aliphatic carbocycles. The maximum Gasteiger partial charge on any atom is 0.132 e. The highest BCUT2D eigenvalue weighted by Crippen LogP contribution is 2.58. The molecular weight excluding hydrogens is 761 g/mol. The van der Waals surface area contributed by atoms with Crippen LogP contribution in [0.5, 0.6) is 11.5 Å². The molecule has 9 aromatic rings. The largest absolute Gasteiger partial charge is 0.457 e. The topological polar surface area (TPSA) is 9.23 Å². The summed E-state index contributed by atoms with van der Waals surface area (Å²) in [6.45, 7) is 23.0. The highest BCUT2D eigenvalue weighted by Gasteiger charge is 2.46. The number of aryl methyl sites for hydroxylation is 6. The second kappa shape index (κ2) is 14.2. The summed E-state index contributed by atoms with van der Waals surface area (Å²) in [5, 5.41) is 5.40. The first-order valence-electron chi connectivity index (χ1n) is 22.6. The SMILES string of the molecule is Cc1c(C)c(C)c2c3c(cc(C)c2c1C)Oc1cc(C)c2c(C)c(C)c(C)c(C)c2c1C3c1ccc(-c2ccc3c(c2)C(c2ccccc2)(c2ccccc2)c2ccccc2-3)cc1. The normalized spacial score (nSPS) is 13.7. The van der Waals surface area contributed by atoms with Crippen LogP contribution in [-0.2, 0) is 5.41 Å². The van der Waals surface area contributed by atoms with Crippen molar-refractivity contribution in [2.75, 3.05) is 0 Å². The summed E-state index contributed by atoms with van der Waals surface area (Å²) < 4.78 is 7.19. The smallest absolute Gasteiger partial charge is 0.132 e. The van der Waals surface area contributed by atoms with Crippen molar-refractivity contribution < 1.29 is 4.74 Å². The standard InChI is InChI=1S/C62H54O/c1-34-31-53-60(57-42(9)38(5)36(3)40(7)55(34)57)59(61-54(63-53)32-35(2)56-41(8)37(4)39(6)43(10)58(56)61)45-27-25-44(26-28-45)46-29-30-50-49-23-17-18-24-51(49)62(52(50)33-46,47-19-13-11-14-20-47)48-21-15-12-16-22-48/h11-33,59H,1-10H3. The van der Waals surface area contributed by atoms with E-state index < -0.39 is 5.41 Å². The number of benzene rings is 9. The second-order valence-electron chi connectivity index (χ2n) is 18.7. The molecule has 0 saturated carbocycles. The van der Waals surface area contributed by atoms with Crippen LogP contribution >= 0.6 is 0 Å². The number of ether oxygens (including phenoxy) is 1. The molecule has 0 radical (unpaired) electrons. The summed E-state index contributed by atoms with van der Waals surface area (Å²) in [5.41, 5.74) is 27.1. The minimum absolute atomic E-state index is 0.0391. The molecule has 9 aromatic carbocycles. The van der Waals surface area contributed by atoms with Crippen molar-refractivity contribution in [3.8, 4) is 33.8 Å². The first-order valence-corrected chi connectivity index (χ1v) is 22.6. The average molecular weight is 815 g/mol. The van der Waals surface area contributed by atoms with Gasteiger partial charge < -0.3 is 4.74 Å². The van der Waals surface area contributed by atoms with E-state index in [1.54, 1.807) is 0 Å². The Balaban J connectivity index is 1.16. The summed E-state index contributed by atoms with van der Waals surface area (Å²) in [6.07, 6.45) is 0. The molecule has 0 amide bonds. The first-order chi connectivity index (χ1) is 30.4. The molecule has 0 atom stereocenters. The lowest BCUT2D eigenvalue weighted by Gasteiger charge is -2.34. The van der Waals surface area contributed by atoms with E-state index in [1.165, 1.54) is 138 Å². The molecular formula is C62H54O. The molecule has 308 valence electrons. The second-order valence-corrected chi connectivity index (χ2v) is 18.7. The Bertz CT molecular complexity index is 3230. The van der Waals surface area contributed by atoms with Crippen molar-refractivity contribution in [3.63, 3.8) is 0 Å². The van der Waals surface area contributed by atoms with Crippen LogP contribution in [0.3, 0.4) is 0 Å². The van der Waals surface area contributed by atoms with Crippen LogP contribution in [0, 0.1) is 69.2 Å². The Morgan fingerprint density at radius 2 is 0.794 bits per heavy atom. The number of rotatable bonds is 4. The summed E-state index contributed by atoms with van der Waals surface area (Å²) >= 11 is 0. The number of fused-ring (bicyclic) bond motifs is 9. The Morgan fingerprint density at radius 1 is 0.365 bits per heavy atom. The van der Waals surface area contributed by atoms with Crippen LogP contribution in [0.2, 0.25) is 0 Å². The van der Waals surface area contributed by atoms with Gasteiger partial charge in [0.2, 0.25) is 0 Å².